The normalized spacial score (nSPS) is 15.5. The highest BCUT2D eigenvalue weighted by atomic mass is 16.2. The Morgan fingerprint density at radius 2 is 2.10 bits per heavy atom. The fourth-order valence-corrected chi connectivity index (χ4v) is 2.78. The molecule has 0 radical (unpaired) electrons. The quantitative estimate of drug-likeness (QED) is 0.905. The lowest BCUT2D eigenvalue weighted by molar-refractivity contribution is 0.0729. The SMILES string of the molecule is CCNc1cnc(C(C)C)nc1C(=O)N(C)C1CCCC1. The van der Waals surface area contributed by atoms with Gasteiger partial charge in [-0.25, -0.2) is 9.97 Å². The predicted octanol–water partition coefficient (Wildman–Crippen LogP) is 3.05. The van der Waals surface area contributed by atoms with Crippen molar-refractivity contribution in [1.29, 1.82) is 0 Å². The third-order valence-electron chi connectivity index (χ3n) is 4.09. The Labute approximate surface area is 127 Å². The van der Waals surface area contributed by atoms with Gasteiger partial charge in [0.15, 0.2) is 5.69 Å². The Kier molecular flexibility index (Phi) is 5.15. The van der Waals surface area contributed by atoms with Gasteiger partial charge in [-0.3, -0.25) is 4.79 Å². The van der Waals surface area contributed by atoms with E-state index in [-0.39, 0.29) is 11.8 Å². The molecule has 5 nitrogen and oxygen atoms in total. The summed E-state index contributed by atoms with van der Waals surface area (Å²) in [7, 11) is 1.89. The number of nitrogens with one attached hydrogen (secondary N) is 1. The molecule has 1 aromatic rings. The molecule has 1 amide bonds. The second kappa shape index (κ2) is 6.87. The Morgan fingerprint density at radius 3 is 2.67 bits per heavy atom. The largest absolute Gasteiger partial charge is 0.382 e. The zero-order chi connectivity index (χ0) is 15.4. The minimum atomic E-state index is 0.00199. The van der Waals surface area contributed by atoms with E-state index in [1.54, 1.807) is 6.20 Å². The van der Waals surface area contributed by atoms with Gasteiger partial charge >= 0.3 is 0 Å². The maximum Gasteiger partial charge on any atom is 0.274 e. The molecule has 21 heavy (non-hydrogen) atoms. The molecule has 1 aliphatic rings. The van der Waals surface area contributed by atoms with E-state index in [0.29, 0.717) is 11.7 Å². The topological polar surface area (TPSA) is 58.1 Å². The monoisotopic (exact) mass is 290 g/mol. The molecule has 0 unspecified atom stereocenters. The Bertz CT molecular complexity index is 495. The zero-order valence-electron chi connectivity index (χ0n) is 13.5. The Hall–Kier alpha value is -1.65. The van der Waals surface area contributed by atoms with E-state index < -0.39 is 0 Å². The molecule has 1 fully saturated rings. The second-order valence-electron chi connectivity index (χ2n) is 6.03. The van der Waals surface area contributed by atoms with Crippen molar-refractivity contribution < 1.29 is 4.79 Å². The summed E-state index contributed by atoms with van der Waals surface area (Å²) >= 11 is 0. The van der Waals surface area contributed by atoms with Crippen LogP contribution in [-0.4, -0.2) is 40.4 Å². The summed E-state index contributed by atoms with van der Waals surface area (Å²) in [5.74, 6) is 0.936. The van der Waals surface area contributed by atoms with Crippen molar-refractivity contribution in [3.05, 3.63) is 17.7 Å². The number of hydrogen-bond donors (Lipinski definition) is 1. The summed E-state index contributed by atoms with van der Waals surface area (Å²) in [5.41, 5.74) is 1.24. The van der Waals surface area contributed by atoms with E-state index in [4.69, 9.17) is 0 Å². The molecular weight excluding hydrogens is 264 g/mol. The fourth-order valence-electron chi connectivity index (χ4n) is 2.78. The first kappa shape index (κ1) is 15.7. The van der Waals surface area contributed by atoms with Crippen LogP contribution in [0, 0.1) is 0 Å². The third-order valence-corrected chi connectivity index (χ3v) is 4.09. The van der Waals surface area contributed by atoms with E-state index >= 15 is 0 Å². The molecule has 0 saturated heterocycles. The van der Waals surface area contributed by atoms with Crippen molar-refractivity contribution >= 4 is 11.6 Å². The lowest BCUT2D eigenvalue weighted by Gasteiger charge is -2.25. The Morgan fingerprint density at radius 1 is 1.43 bits per heavy atom. The predicted molar refractivity (Wildman–Crippen MR) is 84.6 cm³/mol. The highest BCUT2D eigenvalue weighted by Gasteiger charge is 2.27. The van der Waals surface area contributed by atoms with E-state index in [1.807, 2.05) is 32.7 Å². The van der Waals surface area contributed by atoms with Crippen molar-refractivity contribution in [2.45, 2.75) is 58.4 Å². The van der Waals surface area contributed by atoms with Crippen molar-refractivity contribution in [2.24, 2.45) is 0 Å². The summed E-state index contributed by atoms with van der Waals surface area (Å²) in [6.07, 6.45) is 6.36. The van der Waals surface area contributed by atoms with Crippen LogP contribution in [0.2, 0.25) is 0 Å². The van der Waals surface area contributed by atoms with E-state index in [9.17, 15) is 4.79 Å². The number of rotatable bonds is 5. The van der Waals surface area contributed by atoms with Gasteiger partial charge in [-0.05, 0) is 19.8 Å². The number of carbonyl (C=O) groups excluding carboxylic acids is 1. The smallest absolute Gasteiger partial charge is 0.274 e. The van der Waals surface area contributed by atoms with Crippen molar-refractivity contribution in [1.82, 2.24) is 14.9 Å². The summed E-state index contributed by atoms with van der Waals surface area (Å²) in [4.78, 5) is 23.5. The first-order chi connectivity index (χ1) is 10.0. The zero-order valence-corrected chi connectivity index (χ0v) is 13.5. The van der Waals surface area contributed by atoms with Gasteiger partial charge in [0.2, 0.25) is 0 Å². The van der Waals surface area contributed by atoms with Crippen LogP contribution in [0.15, 0.2) is 6.20 Å². The van der Waals surface area contributed by atoms with Crippen LogP contribution in [0.5, 0.6) is 0 Å². The number of amides is 1. The highest BCUT2D eigenvalue weighted by Crippen LogP contribution is 2.25. The summed E-state index contributed by atoms with van der Waals surface area (Å²) in [6, 6.07) is 0.351. The van der Waals surface area contributed by atoms with Gasteiger partial charge in [0.25, 0.3) is 5.91 Å². The van der Waals surface area contributed by atoms with Gasteiger partial charge in [0, 0.05) is 25.6 Å². The van der Waals surface area contributed by atoms with Gasteiger partial charge in [-0.15, -0.1) is 0 Å². The number of hydrogen-bond acceptors (Lipinski definition) is 4. The van der Waals surface area contributed by atoms with Gasteiger partial charge in [0.05, 0.1) is 11.9 Å². The number of nitrogens with zero attached hydrogens (tertiary/aromatic N) is 3. The van der Waals surface area contributed by atoms with Crippen LogP contribution in [0.4, 0.5) is 5.69 Å². The van der Waals surface area contributed by atoms with Crippen LogP contribution >= 0.6 is 0 Å². The Balaban J connectivity index is 2.29. The first-order valence-electron chi connectivity index (χ1n) is 7.92. The minimum absolute atomic E-state index is 0.00199. The maximum atomic E-state index is 12.8. The van der Waals surface area contributed by atoms with Gasteiger partial charge in [-0.1, -0.05) is 26.7 Å². The average Bonchev–Trinajstić information content (AvgIpc) is 3.00. The molecule has 2 rings (SSSR count). The van der Waals surface area contributed by atoms with Crippen molar-refractivity contribution in [2.75, 3.05) is 18.9 Å². The molecule has 5 heteroatoms. The van der Waals surface area contributed by atoms with Crippen LogP contribution in [0.1, 0.15) is 68.7 Å². The average molecular weight is 290 g/mol. The highest BCUT2D eigenvalue weighted by molar-refractivity contribution is 5.97. The molecule has 0 bridgehead atoms. The molecule has 0 aliphatic heterocycles. The molecule has 116 valence electrons. The maximum absolute atomic E-state index is 12.8. The molecule has 0 spiro atoms. The van der Waals surface area contributed by atoms with E-state index in [0.717, 1.165) is 30.9 Å². The molecule has 0 atom stereocenters. The summed E-state index contributed by atoms with van der Waals surface area (Å²) in [5, 5.41) is 3.20. The van der Waals surface area contributed by atoms with Crippen LogP contribution in [0.3, 0.4) is 0 Å². The minimum Gasteiger partial charge on any atom is -0.382 e. The molecule has 0 aromatic carbocycles. The second-order valence-corrected chi connectivity index (χ2v) is 6.03. The van der Waals surface area contributed by atoms with Crippen LogP contribution in [0.25, 0.3) is 0 Å². The number of carbonyl (C=O) groups is 1. The molecule has 1 aromatic heterocycles. The van der Waals surface area contributed by atoms with Gasteiger partial charge in [0.1, 0.15) is 5.82 Å². The van der Waals surface area contributed by atoms with E-state index in [2.05, 4.69) is 15.3 Å². The standard InChI is InChI=1S/C16H26N4O/c1-5-17-13-10-18-15(11(2)3)19-14(13)16(21)20(4)12-8-6-7-9-12/h10-12,17H,5-9H2,1-4H3. The summed E-state index contributed by atoms with van der Waals surface area (Å²) < 4.78 is 0. The first-order valence-corrected chi connectivity index (χ1v) is 7.92. The molecular formula is C16H26N4O. The molecule has 1 saturated carbocycles. The lowest BCUT2D eigenvalue weighted by Crippen LogP contribution is -2.36. The third kappa shape index (κ3) is 3.52. The molecule has 1 heterocycles. The summed E-state index contributed by atoms with van der Waals surface area (Å²) in [6.45, 7) is 6.83. The fraction of sp³-hybridized carbons (Fsp3) is 0.688. The molecule has 1 N–H and O–H groups in total. The van der Waals surface area contributed by atoms with Gasteiger partial charge < -0.3 is 10.2 Å². The number of anilines is 1. The molecule has 1 aliphatic carbocycles. The van der Waals surface area contributed by atoms with Crippen LogP contribution in [-0.2, 0) is 0 Å². The number of aromatic nitrogens is 2. The van der Waals surface area contributed by atoms with E-state index in [1.165, 1.54) is 12.8 Å². The lowest BCUT2D eigenvalue weighted by atomic mass is 10.1. The van der Waals surface area contributed by atoms with Crippen LogP contribution < -0.4 is 5.32 Å². The van der Waals surface area contributed by atoms with Crippen molar-refractivity contribution in [3.8, 4) is 0 Å². The van der Waals surface area contributed by atoms with Gasteiger partial charge in [-0.2, -0.15) is 0 Å². The van der Waals surface area contributed by atoms with Crippen molar-refractivity contribution in [3.63, 3.8) is 0 Å².